The maximum Gasteiger partial charge on any atom is 0.147 e. The van der Waals surface area contributed by atoms with Crippen LogP contribution in [-0.2, 0) is 4.79 Å². The SMILES string of the molecule is CC[C@@H](Cl)C(C)=O. The van der Waals surface area contributed by atoms with Crippen molar-refractivity contribution in [3.8, 4) is 0 Å². The summed E-state index contributed by atoms with van der Waals surface area (Å²) in [4.78, 5) is 10.2. The molecular formula is C5H9ClO. The van der Waals surface area contributed by atoms with E-state index in [1.807, 2.05) is 6.92 Å². The first-order valence-electron chi connectivity index (χ1n) is 2.33. The van der Waals surface area contributed by atoms with E-state index in [-0.39, 0.29) is 11.2 Å². The molecule has 0 aliphatic rings. The highest BCUT2D eigenvalue weighted by Crippen LogP contribution is 2.00. The van der Waals surface area contributed by atoms with Crippen LogP contribution in [0.2, 0.25) is 0 Å². The zero-order valence-electron chi connectivity index (χ0n) is 4.57. The summed E-state index contributed by atoms with van der Waals surface area (Å²) in [6.45, 7) is 3.39. The van der Waals surface area contributed by atoms with Crippen LogP contribution in [0.1, 0.15) is 20.3 Å². The van der Waals surface area contributed by atoms with Gasteiger partial charge in [0.05, 0.1) is 5.38 Å². The predicted octanol–water partition coefficient (Wildman–Crippen LogP) is 1.59. The third-order valence-electron chi connectivity index (χ3n) is 0.800. The third-order valence-corrected chi connectivity index (χ3v) is 1.42. The highest BCUT2D eigenvalue weighted by molar-refractivity contribution is 6.30. The van der Waals surface area contributed by atoms with Gasteiger partial charge in [-0.2, -0.15) is 0 Å². The maximum absolute atomic E-state index is 10.2. The molecule has 1 nitrogen and oxygen atoms in total. The fraction of sp³-hybridized carbons (Fsp3) is 0.800. The quantitative estimate of drug-likeness (QED) is 0.506. The van der Waals surface area contributed by atoms with Gasteiger partial charge in [-0.05, 0) is 13.3 Å². The van der Waals surface area contributed by atoms with Crippen molar-refractivity contribution in [2.75, 3.05) is 0 Å². The lowest BCUT2D eigenvalue weighted by Crippen LogP contribution is -2.07. The van der Waals surface area contributed by atoms with E-state index in [1.54, 1.807) is 0 Å². The summed E-state index contributed by atoms with van der Waals surface area (Å²) in [6, 6.07) is 0. The maximum atomic E-state index is 10.2. The van der Waals surface area contributed by atoms with Crippen molar-refractivity contribution in [3.63, 3.8) is 0 Å². The monoisotopic (exact) mass is 120 g/mol. The number of hydrogen-bond acceptors (Lipinski definition) is 1. The molecule has 0 aromatic carbocycles. The van der Waals surface area contributed by atoms with E-state index in [0.29, 0.717) is 0 Å². The summed E-state index contributed by atoms with van der Waals surface area (Å²) in [5.41, 5.74) is 0. The van der Waals surface area contributed by atoms with E-state index in [1.165, 1.54) is 6.92 Å². The smallest absolute Gasteiger partial charge is 0.147 e. The lowest BCUT2D eigenvalue weighted by Gasteiger charge is -1.95. The Hall–Kier alpha value is -0.0400. The Balaban J connectivity index is 3.34. The third kappa shape index (κ3) is 2.63. The molecule has 2 heteroatoms. The Morgan fingerprint density at radius 3 is 2.29 bits per heavy atom. The minimum atomic E-state index is -0.264. The molecule has 0 heterocycles. The van der Waals surface area contributed by atoms with Gasteiger partial charge in [-0.25, -0.2) is 0 Å². The van der Waals surface area contributed by atoms with Crippen molar-refractivity contribution < 1.29 is 4.79 Å². The number of rotatable bonds is 2. The molecule has 7 heavy (non-hydrogen) atoms. The van der Waals surface area contributed by atoms with Gasteiger partial charge in [0, 0.05) is 0 Å². The van der Waals surface area contributed by atoms with E-state index < -0.39 is 0 Å². The van der Waals surface area contributed by atoms with Gasteiger partial charge in [0.15, 0.2) is 0 Å². The Morgan fingerprint density at radius 1 is 1.86 bits per heavy atom. The summed E-state index contributed by atoms with van der Waals surface area (Å²) < 4.78 is 0. The molecule has 0 spiro atoms. The first-order valence-corrected chi connectivity index (χ1v) is 2.76. The molecule has 0 aromatic heterocycles. The summed E-state index contributed by atoms with van der Waals surface area (Å²) in [5, 5.41) is -0.264. The van der Waals surface area contributed by atoms with Gasteiger partial charge in [-0.3, -0.25) is 4.79 Å². The number of ketones is 1. The van der Waals surface area contributed by atoms with Crippen LogP contribution >= 0.6 is 11.6 Å². The molecule has 0 N–H and O–H groups in total. The Morgan fingerprint density at radius 2 is 2.29 bits per heavy atom. The molecule has 0 unspecified atom stereocenters. The molecule has 42 valence electrons. The van der Waals surface area contributed by atoms with Crippen LogP contribution in [0.5, 0.6) is 0 Å². The number of carbonyl (C=O) groups is 1. The molecule has 0 bridgehead atoms. The Kier molecular flexibility index (Phi) is 3.01. The lowest BCUT2D eigenvalue weighted by molar-refractivity contribution is -0.116. The normalized spacial score (nSPS) is 13.6. The van der Waals surface area contributed by atoms with E-state index in [9.17, 15) is 4.79 Å². The molecule has 0 fully saturated rings. The molecule has 0 aliphatic carbocycles. The molecule has 0 aromatic rings. The van der Waals surface area contributed by atoms with Crippen molar-refractivity contribution in [2.45, 2.75) is 25.6 Å². The zero-order valence-corrected chi connectivity index (χ0v) is 5.33. The van der Waals surface area contributed by atoms with Gasteiger partial charge in [0.25, 0.3) is 0 Å². The van der Waals surface area contributed by atoms with E-state index in [2.05, 4.69) is 0 Å². The highest BCUT2D eigenvalue weighted by atomic mass is 35.5. The molecule has 1 atom stereocenters. The first kappa shape index (κ1) is 6.96. The molecule has 0 saturated heterocycles. The zero-order chi connectivity index (χ0) is 5.86. The van der Waals surface area contributed by atoms with Crippen LogP contribution in [0.25, 0.3) is 0 Å². The fourth-order valence-corrected chi connectivity index (χ4v) is 0.287. The van der Waals surface area contributed by atoms with Crippen LogP contribution in [0.4, 0.5) is 0 Å². The minimum absolute atomic E-state index is 0.0594. The van der Waals surface area contributed by atoms with Crippen molar-refractivity contribution in [1.82, 2.24) is 0 Å². The van der Waals surface area contributed by atoms with Crippen LogP contribution < -0.4 is 0 Å². The molecule has 0 saturated carbocycles. The Bertz CT molecular complexity index is 70.5. The van der Waals surface area contributed by atoms with Crippen molar-refractivity contribution in [2.24, 2.45) is 0 Å². The van der Waals surface area contributed by atoms with Gasteiger partial charge in [0.1, 0.15) is 5.78 Å². The molecule has 0 amide bonds. The van der Waals surface area contributed by atoms with Gasteiger partial charge in [0.2, 0.25) is 0 Å². The largest absolute Gasteiger partial charge is 0.298 e. The van der Waals surface area contributed by atoms with Gasteiger partial charge in [-0.1, -0.05) is 6.92 Å². The van der Waals surface area contributed by atoms with Gasteiger partial charge < -0.3 is 0 Å². The van der Waals surface area contributed by atoms with Gasteiger partial charge in [-0.15, -0.1) is 11.6 Å². The van der Waals surface area contributed by atoms with Crippen molar-refractivity contribution in [3.05, 3.63) is 0 Å². The summed E-state index contributed by atoms with van der Waals surface area (Å²) in [7, 11) is 0. The van der Waals surface area contributed by atoms with Crippen LogP contribution in [0.3, 0.4) is 0 Å². The van der Waals surface area contributed by atoms with E-state index in [4.69, 9.17) is 11.6 Å². The number of carbonyl (C=O) groups excluding carboxylic acids is 1. The molecular weight excluding hydrogens is 112 g/mol. The van der Waals surface area contributed by atoms with Crippen LogP contribution in [0.15, 0.2) is 0 Å². The standard InChI is InChI=1S/C5H9ClO/c1-3-5(6)4(2)7/h5H,3H2,1-2H3/t5-/m1/s1. The molecule has 0 radical (unpaired) electrons. The first-order chi connectivity index (χ1) is 3.18. The van der Waals surface area contributed by atoms with Crippen molar-refractivity contribution in [1.29, 1.82) is 0 Å². The second kappa shape index (κ2) is 3.03. The predicted molar refractivity (Wildman–Crippen MR) is 30.6 cm³/mol. The fourth-order valence-electron chi connectivity index (χ4n) is 0.287. The minimum Gasteiger partial charge on any atom is -0.298 e. The number of Topliss-reactive ketones (excluding diaryl/α,β-unsaturated/α-hetero) is 1. The molecule has 0 aliphatic heterocycles. The average molecular weight is 121 g/mol. The summed E-state index contributed by atoms with van der Waals surface area (Å²) >= 11 is 5.45. The number of hydrogen-bond donors (Lipinski definition) is 0. The Labute approximate surface area is 48.7 Å². The lowest BCUT2D eigenvalue weighted by atomic mass is 10.2. The summed E-state index contributed by atoms with van der Waals surface area (Å²) in [6.07, 6.45) is 0.733. The second-order valence-electron chi connectivity index (χ2n) is 1.49. The van der Waals surface area contributed by atoms with Crippen LogP contribution in [0, 0.1) is 0 Å². The van der Waals surface area contributed by atoms with E-state index in [0.717, 1.165) is 6.42 Å². The van der Waals surface area contributed by atoms with Crippen LogP contribution in [-0.4, -0.2) is 11.2 Å². The topological polar surface area (TPSA) is 17.1 Å². The van der Waals surface area contributed by atoms with E-state index >= 15 is 0 Å². The average Bonchev–Trinajstić information content (AvgIpc) is 1.65. The molecule has 0 rings (SSSR count). The van der Waals surface area contributed by atoms with Crippen molar-refractivity contribution >= 4 is 17.4 Å². The number of halogens is 1. The highest BCUT2D eigenvalue weighted by Gasteiger charge is 2.04. The van der Waals surface area contributed by atoms with Gasteiger partial charge >= 0.3 is 0 Å². The number of alkyl halides is 1. The second-order valence-corrected chi connectivity index (χ2v) is 2.01. The summed E-state index contributed by atoms with van der Waals surface area (Å²) in [5.74, 6) is 0.0594.